The van der Waals surface area contributed by atoms with E-state index in [-0.39, 0.29) is 46.9 Å². The number of aliphatic hydroxyl groups excluding tert-OH is 1. The van der Waals surface area contributed by atoms with Gasteiger partial charge >= 0.3 is 0 Å². The summed E-state index contributed by atoms with van der Waals surface area (Å²) in [5, 5.41) is 10.5. The van der Waals surface area contributed by atoms with Crippen molar-refractivity contribution < 1.29 is 24.2 Å². The largest absolute Gasteiger partial charge is 0.497 e. The number of nitrogens with zero attached hydrogens (tertiary/aromatic N) is 3. The van der Waals surface area contributed by atoms with Crippen molar-refractivity contribution in [2.75, 3.05) is 38.3 Å². The number of anilines is 1. The van der Waals surface area contributed by atoms with Gasteiger partial charge < -0.3 is 24.5 Å². The van der Waals surface area contributed by atoms with E-state index in [1.807, 2.05) is 32.9 Å². The van der Waals surface area contributed by atoms with Gasteiger partial charge in [-0.2, -0.15) is 0 Å². The number of thioether (sulfide) groups is 1. The molecular formula is C32H44BrN3O5S. The van der Waals surface area contributed by atoms with Crippen LogP contribution in [0.2, 0.25) is 0 Å². The summed E-state index contributed by atoms with van der Waals surface area (Å²) in [6, 6.07) is 5.84. The van der Waals surface area contributed by atoms with Crippen LogP contribution in [-0.4, -0.2) is 92.9 Å². The minimum absolute atomic E-state index is 0.0343. The number of amides is 3. The Morgan fingerprint density at radius 1 is 1.21 bits per heavy atom. The molecule has 8 atom stereocenters. The number of ether oxygens (including phenoxy) is 1. The highest BCUT2D eigenvalue weighted by Crippen LogP contribution is 2.68. The number of likely N-dealkylation sites (tertiary alicyclic amines) is 1. The lowest BCUT2D eigenvalue weighted by Crippen LogP contribution is -2.59. The van der Waals surface area contributed by atoms with E-state index in [1.54, 1.807) is 57.9 Å². The smallest absolute Gasteiger partial charge is 0.251 e. The van der Waals surface area contributed by atoms with E-state index in [4.69, 9.17) is 4.74 Å². The second-order valence-electron chi connectivity index (χ2n) is 11.6. The fraction of sp³-hybridized carbons (Fsp3) is 0.594. The van der Waals surface area contributed by atoms with E-state index in [9.17, 15) is 19.5 Å². The summed E-state index contributed by atoms with van der Waals surface area (Å²) in [6.07, 6.45) is 5.49. The maximum absolute atomic E-state index is 14.9. The maximum Gasteiger partial charge on any atom is 0.251 e. The maximum atomic E-state index is 14.9. The van der Waals surface area contributed by atoms with Crippen molar-refractivity contribution in [3.8, 4) is 5.75 Å². The van der Waals surface area contributed by atoms with Crippen LogP contribution in [0.25, 0.3) is 0 Å². The number of alkyl halides is 1. The van der Waals surface area contributed by atoms with Crippen LogP contribution in [0.4, 0.5) is 5.69 Å². The fourth-order valence-electron chi connectivity index (χ4n) is 7.09. The Morgan fingerprint density at radius 2 is 1.88 bits per heavy atom. The quantitative estimate of drug-likeness (QED) is 0.233. The van der Waals surface area contributed by atoms with E-state index in [1.165, 1.54) is 0 Å². The van der Waals surface area contributed by atoms with E-state index in [0.29, 0.717) is 30.9 Å². The molecule has 1 N–H and O–H groups in total. The van der Waals surface area contributed by atoms with Crippen LogP contribution in [-0.2, 0) is 14.4 Å². The van der Waals surface area contributed by atoms with E-state index in [2.05, 4.69) is 29.1 Å². The summed E-state index contributed by atoms with van der Waals surface area (Å²) in [5.74, 6) is -1.11. The van der Waals surface area contributed by atoms with Crippen LogP contribution in [0.15, 0.2) is 49.6 Å². The fourth-order valence-corrected chi connectivity index (χ4v) is 10.7. The standard InChI is InChI=1S/C32H44BrN3O5S/c1-7-15-34(16-8-2)29(38)25-26-30(39)36(24(19-37)20(5)10-4)28(32(26)18-23(33)27(25)42-32)31(40)35(17-9-3)21-11-13-22(41-6)14-12-21/h7,9,11-14,20,23-28,37H,1,3,8,10,15-19H2,2,4-6H3/t20-,23?,24-,25-,26-,27-,28?,32?/m0/s1. The first-order chi connectivity index (χ1) is 20.1. The number of carbonyl (C=O) groups excluding carboxylic acids is 3. The molecule has 3 fully saturated rings. The molecule has 3 heterocycles. The summed E-state index contributed by atoms with van der Waals surface area (Å²) in [5.41, 5.74) is 0.665. The minimum Gasteiger partial charge on any atom is -0.497 e. The number of halogens is 1. The van der Waals surface area contributed by atoms with Crippen LogP contribution in [0, 0.1) is 17.8 Å². The van der Waals surface area contributed by atoms with Crippen molar-refractivity contribution in [1.82, 2.24) is 9.80 Å². The molecule has 8 nitrogen and oxygen atoms in total. The first kappa shape index (κ1) is 32.6. The summed E-state index contributed by atoms with van der Waals surface area (Å²) in [7, 11) is 1.59. The summed E-state index contributed by atoms with van der Waals surface area (Å²) in [6.45, 7) is 14.7. The molecule has 1 spiro atoms. The van der Waals surface area contributed by atoms with Gasteiger partial charge in [0.15, 0.2) is 0 Å². The summed E-state index contributed by atoms with van der Waals surface area (Å²) >= 11 is 5.48. The lowest BCUT2D eigenvalue weighted by Gasteiger charge is -2.41. The Kier molecular flexibility index (Phi) is 10.5. The Hall–Kier alpha value is -2.30. The van der Waals surface area contributed by atoms with E-state index < -0.39 is 28.7 Å². The lowest BCUT2D eigenvalue weighted by atomic mass is 9.70. The van der Waals surface area contributed by atoms with Crippen LogP contribution in [0.3, 0.4) is 0 Å². The number of benzene rings is 1. The Labute approximate surface area is 262 Å². The third kappa shape index (κ3) is 5.43. The summed E-state index contributed by atoms with van der Waals surface area (Å²) < 4.78 is 4.51. The van der Waals surface area contributed by atoms with Gasteiger partial charge in [-0.1, -0.05) is 55.3 Å². The molecule has 0 saturated carbocycles. The highest BCUT2D eigenvalue weighted by atomic mass is 79.9. The molecule has 0 aromatic heterocycles. The molecule has 42 heavy (non-hydrogen) atoms. The molecular weight excluding hydrogens is 618 g/mol. The molecule has 230 valence electrons. The molecule has 0 aliphatic carbocycles. The predicted octanol–water partition coefficient (Wildman–Crippen LogP) is 4.51. The Morgan fingerprint density at radius 3 is 2.43 bits per heavy atom. The van der Waals surface area contributed by atoms with Crippen LogP contribution < -0.4 is 9.64 Å². The molecule has 3 unspecified atom stereocenters. The highest BCUT2D eigenvalue weighted by molar-refractivity contribution is 9.09. The zero-order chi connectivity index (χ0) is 30.8. The number of carbonyl (C=O) groups is 3. The van der Waals surface area contributed by atoms with Gasteiger partial charge in [-0.15, -0.1) is 24.9 Å². The van der Waals surface area contributed by atoms with Crippen LogP contribution in [0.1, 0.15) is 40.0 Å². The second kappa shape index (κ2) is 13.6. The lowest BCUT2D eigenvalue weighted by molar-refractivity contribution is -0.146. The van der Waals surface area contributed by atoms with Gasteiger partial charge in [0.25, 0.3) is 5.91 Å². The normalized spacial score (nSPS) is 29.1. The topological polar surface area (TPSA) is 90.4 Å². The van der Waals surface area contributed by atoms with Gasteiger partial charge in [0.05, 0.1) is 36.3 Å². The third-order valence-corrected chi connectivity index (χ3v) is 12.4. The summed E-state index contributed by atoms with van der Waals surface area (Å²) in [4.78, 5) is 48.8. The zero-order valence-corrected chi connectivity index (χ0v) is 27.5. The van der Waals surface area contributed by atoms with Crippen LogP contribution >= 0.6 is 27.7 Å². The van der Waals surface area contributed by atoms with Gasteiger partial charge in [-0.3, -0.25) is 14.4 Å². The van der Waals surface area contributed by atoms with Gasteiger partial charge in [0.2, 0.25) is 11.8 Å². The number of aliphatic hydroxyl groups is 1. The van der Waals surface area contributed by atoms with Crippen molar-refractivity contribution in [2.45, 2.75) is 66.9 Å². The number of hydrogen-bond acceptors (Lipinski definition) is 6. The minimum atomic E-state index is -0.852. The number of fused-ring (bicyclic) bond motifs is 1. The first-order valence-corrected chi connectivity index (χ1v) is 16.7. The van der Waals surface area contributed by atoms with Gasteiger partial charge in [-0.05, 0) is 43.0 Å². The molecule has 1 aromatic carbocycles. The third-order valence-electron chi connectivity index (χ3n) is 9.21. The second-order valence-corrected chi connectivity index (χ2v) is 14.3. The molecule has 3 aliphatic rings. The van der Waals surface area contributed by atoms with Gasteiger partial charge in [0, 0.05) is 35.4 Å². The van der Waals surface area contributed by atoms with Gasteiger partial charge in [-0.25, -0.2) is 0 Å². The molecule has 3 aliphatic heterocycles. The van der Waals surface area contributed by atoms with Crippen molar-refractivity contribution >= 4 is 51.1 Å². The van der Waals surface area contributed by atoms with E-state index in [0.717, 1.165) is 12.8 Å². The van der Waals surface area contributed by atoms with Crippen molar-refractivity contribution in [3.05, 3.63) is 49.6 Å². The molecule has 4 rings (SSSR count). The molecule has 10 heteroatoms. The van der Waals surface area contributed by atoms with Crippen molar-refractivity contribution in [1.29, 1.82) is 0 Å². The van der Waals surface area contributed by atoms with Crippen LogP contribution in [0.5, 0.6) is 5.75 Å². The number of hydrogen-bond donors (Lipinski definition) is 1. The zero-order valence-electron chi connectivity index (χ0n) is 25.1. The molecule has 0 radical (unpaired) electrons. The number of rotatable bonds is 14. The average Bonchev–Trinajstić information content (AvgIpc) is 3.59. The Bertz CT molecular complexity index is 1180. The highest BCUT2D eigenvalue weighted by Gasteiger charge is 2.76. The number of methoxy groups -OCH3 is 1. The molecule has 3 amide bonds. The molecule has 2 bridgehead atoms. The van der Waals surface area contributed by atoms with Crippen molar-refractivity contribution in [3.63, 3.8) is 0 Å². The SMILES string of the molecule is C=CCN(CCC)C(=O)[C@H]1[C@H]2C(=O)N([C@@H](CO)[C@@H](C)CC)C(C(=O)N(CC=C)c3ccc(OC)cc3)C23CC(Br)[C@@H]1S3. The van der Waals surface area contributed by atoms with E-state index >= 15 is 0 Å². The predicted molar refractivity (Wildman–Crippen MR) is 172 cm³/mol. The van der Waals surface area contributed by atoms with Gasteiger partial charge in [0.1, 0.15) is 11.8 Å². The Balaban J connectivity index is 1.85. The molecule has 1 aromatic rings. The molecule has 3 saturated heterocycles. The average molecular weight is 663 g/mol. The van der Waals surface area contributed by atoms with Crippen molar-refractivity contribution in [2.24, 2.45) is 17.8 Å². The monoisotopic (exact) mass is 661 g/mol. The first-order valence-electron chi connectivity index (χ1n) is 14.9.